The van der Waals surface area contributed by atoms with Gasteiger partial charge in [-0.1, -0.05) is 26.0 Å². The van der Waals surface area contributed by atoms with Crippen LogP contribution in [0.25, 0.3) is 5.69 Å². The van der Waals surface area contributed by atoms with Gasteiger partial charge in [-0.25, -0.2) is 9.67 Å². The number of hydrogen-bond donors (Lipinski definition) is 1. The summed E-state index contributed by atoms with van der Waals surface area (Å²) in [5.41, 5.74) is 2.02. The fraction of sp³-hybridized carbons (Fsp3) is 0.357. The topological polar surface area (TPSA) is 59.8 Å². The molecule has 2 rings (SSSR count). The van der Waals surface area contributed by atoms with Gasteiger partial charge in [0, 0.05) is 5.92 Å². The molecule has 0 radical (unpaired) electrons. The maximum Gasteiger partial charge on any atom is 0.223 e. The highest BCUT2D eigenvalue weighted by molar-refractivity contribution is 5.78. The molecule has 1 heterocycles. The van der Waals surface area contributed by atoms with Crippen molar-refractivity contribution in [1.29, 1.82) is 0 Å². The molecule has 1 atom stereocenters. The SMILES string of the molecule is CC(C)C(=O)N[C@@H](C)c1ccc(-n2cncn2)cc1. The molecule has 0 spiro atoms. The van der Waals surface area contributed by atoms with Crippen LogP contribution in [-0.4, -0.2) is 20.7 Å². The number of rotatable bonds is 4. The Bertz CT molecular complexity index is 531. The molecular weight excluding hydrogens is 240 g/mol. The summed E-state index contributed by atoms with van der Waals surface area (Å²) in [5, 5.41) is 7.04. The molecule has 0 saturated carbocycles. The maximum atomic E-state index is 11.6. The molecule has 0 saturated heterocycles. The molecule has 5 heteroatoms. The molecular formula is C14H18N4O. The van der Waals surface area contributed by atoms with Crippen LogP contribution in [0.15, 0.2) is 36.9 Å². The van der Waals surface area contributed by atoms with E-state index in [1.807, 2.05) is 45.0 Å². The van der Waals surface area contributed by atoms with E-state index in [4.69, 9.17) is 0 Å². The van der Waals surface area contributed by atoms with Crippen LogP contribution < -0.4 is 5.32 Å². The minimum Gasteiger partial charge on any atom is -0.349 e. The zero-order valence-electron chi connectivity index (χ0n) is 11.4. The van der Waals surface area contributed by atoms with Crippen molar-refractivity contribution in [1.82, 2.24) is 20.1 Å². The molecule has 1 aromatic heterocycles. The van der Waals surface area contributed by atoms with Crippen LogP contribution in [0.3, 0.4) is 0 Å². The summed E-state index contributed by atoms with van der Waals surface area (Å²) in [5.74, 6) is 0.0599. The Morgan fingerprint density at radius 1 is 1.21 bits per heavy atom. The monoisotopic (exact) mass is 258 g/mol. The number of nitrogens with zero attached hydrogens (tertiary/aromatic N) is 3. The van der Waals surface area contributed by atoms with E-state index in [2.05, 4.69) is 15.4 Å². The van der Waals surface area contributed by atoms with E-state index in [0.29, 0.717) is 0 Å². The Kier molecular flexibility index (Phi) is 3.94. The fourth-order valence-electron chi connectivity index (χ4n) is 1.72. The van der Waals surface area contributed by atoms with Crippen LogP contribution in [0.1, 0.15) is 32.4 Å². The van der Waals surface area contributed by atoms with Crippen molar-refractivity contribution >= 4 is 5.91 Å². The lowest BCUT2D eigenvalue weighted by Gasteiger charge is -2.16. The van der Waals surface area contributed by atoms with Gasteiger partial charge in [-0.05, 0) is 24.6 Å². The fourth-order valence-corrected chi connectivity index (χ4v) is 1.72. The first-order valence-corrected chi connectivity index (χ1v) is 6.33. The third kappa shape index (κ3) is 3.19. The van der Waals surface area contributed by atoms with E-state index in [0.717, 1.165) is 11.3 Å². The third-order valence-electron chi connectivity index (χ3n) is 2.96. The summed E-state index contributed by atoms with van der Waals surface area (Å²) >= 11 is 0. The highest BCUT2D eigenvalue weighted by atomic mass is 16.1. The largest absolute Gasteiger partial charge is 0.349 e. The van der Waals surface area contributed by atoms with Gasteiger partial charge in [0.05, 0.1) is 11.7 Å². The lowest BCUT2D eigenvalue weighted by Crippen LogP contribution is -2.30. The molecule has 0 unspecified atom stereocenters. The molecule has 100 valence electrons. The van der Waals surface area contributed by atoms with Crippen LogP contribution in [0.2, 0.25) is 0 Å². The summed E-state index contributed by atoms with van der Waals surface area (Å²) in [4.78, 5) is 15.6. The Balaban J connectivity index is 2.08. The van der Waals surface area contributed by atoms with Gasteiger partial charge in [0.25, 0.3) is 0 Å². The van der Waals surface area contributed by atoms with Gasteiger partial charge in [0.1, 0.15) is 12.7 Å². The zero-order chi connectivity index (χ0) is 13.8. The van der Waals surface area contributed by atoms with E-state index in [9.17, 15) is 4.79 Å². The van der Waals surface area contributed by atoms with Crippen molar-refractivity contribution in [3.63, 3.8) is 0 Å². The quantitative estimate of drug-likeness (QED) is 0.913. The molecule has 1 amide bonds. The predicted molar refractivity (Wildman–Crippen MR) is 72.8 cm³/mol. The van der Waals surface area contributed by atoms with Gasteiger partial charge in [-0.15, -0.1) is 0 Å². The maximum absolute atomic E-state index is 11.6. The van der Waals surface area contributed by atoms with Gasteiger partial charge in [-0.2, -0.15) is 5.10 Å². The summed E-state index contributed by atoms with van der Waals surface area (Å²) in [6.07, 6.45) is 3.15. The molecule has 19 heavy (non-hydrogen) atoms. The minimum atomic E-state index is -0.00290. The van der Waals surface area contributed by atoms with E-state index >= 15 is 0 Å². The predicted octanol–water partition coefficient (Wildman–Crippen LogP) is 2.10. The van der Waals surface area contributed by atoms with Gasteiger partial charge in [-0.3, -0.25) is 4.79 Å². The van der Waals surface area contributed by atoms with Crippen LogP contribution >= 0.6 is 0 Å². The zero-order valence-corrected chi connectivity index (χ0v) is 11.4. The van der Waals surface area contributed by atoms with Crippen LogP contribution in [-0.2, 0) is 4.79 Å². The van der Waals surface area contributed by atoms with Crippen molar-refractivity contribution in [2.24, 2.45) is 5.92 Å². The third-order valence-corrected chi connectivity index (χ3v) is 2.96. The van der Waals surface area contributed by atoms with Crippen molar-refractivity contribution in [2.75, 3.05) is 0 Å². The standard InChI is InChI=1S/C14H18N4O/c1-10(2)14(19)17-11(3)12-4-6-13(7-5-12)18-9-15-8-16-18/h4-11H,1-3H3,(H,17,19)/t11-/m0/s1. The molecule has 1 N–H and O–H groups in total. The summed E-state index contributed by atoms with van der Waals surface area (Å²) in [6.45, 7) is 5.75. The van der Waals surface area contributed by atoms with Crippen molar-refractivity contribution in [3.8, 4) is 5.69 Å². The number of carbonyl (C=O) groups excluding carboxylic acids is 1. The molecule has 0 bridgehead atoms. The van der Waals surface area contributed by atoms with Gasteiger partial charge in [0.2, 0.25) is 5.91 Å². The van der Waals surface area contributed by atoms with E-state index in [1.165, 1.54) is 6.33 Å². The van der Waals surface area contributed by atoms with Gasteiger partial charge < -0.3 is 5.32 Å². The Morgan fingerprint density at radius 3 is 2.42 bits per heavy atom. The number of aromatic nitrogens is 3. The lowest BCUT2D eigenvalue weighted by atomic mass is 10.1. The highest BCUT2D eigenvalue weighted by Crippen LogP contribution is 2.15. The van der Waals surface area contributed by atoms with Gasteiger partial charge in [0.15, 0.2) is 0 Å². The smallest absolute Gasteiger partial charge is 0.223 e. The molecule has 1 aromatic carbocycles. The minimum absolute atomic E-state index is 0.000281. The van der Waals surface area contributed by atoms with Crippen molar-refractivity contribution < 1.29 is 4.79 Å². The first-order chi connectivity index (χ1) is 9.08. The first-order valence-electron chi connectivity index (χ1n) is 6.33. The van der Waals surface area contributed by atoms with Gasteiger partial charge >= 0.3 is 0 Å². The Morgan fingerprint density at radius 2 is 1.89 bits per heavy atom. The van der Waals surface area contributed by atoms with Crippen molar-refractivity contribution in [2.45, 2.75) is 26.8 Å². The molecule has 0 aliphatic heterocycles. The summed E-state index contributed by atoms with van der Waals surface area (Å²) < 4.78 is 1.70. The summed E-state index contributed by atoms with van der Waals surface area (Å²) in [6, 6.07) is 7.90. The van der Waals surface area contributed by atoms with E-state index in [-0.39, 0.29) is 17.9 Å². The Labute approximate surface area is 112 Å². The number of benzene rings is 1. The van der Waals surface area contributed by atoms with Crippen LogP contribution in [0.4, 0.5) is 0 Å². The van der Waals surface area contributed by atoms with E-state index < -0.39 is 0 Å². The normalized spacial score (nSPS) is 12.4. The molecule has 0 aliphatic carbocycles. The van der Waals surface area contributed by atoms with Crippen molar-refractivity contribution in [3.05, 3.63) is 42.5 Å². The first kappa shape index (κ1) is 13.3. The second-order valence-corrected chi connectivity index (χ2v) is 4.82. The Hall–Kier alpha value is -2.17. The second kappa shape index (κ2) is 5.65. The number of hydrogen-bond acceptors (Lipinski definition) is 3. The molecule has 0 fully saturated rings. The van der Waals surface area contributed by atoms with Crippen LogP contribution in [0.5, 0.6) is 0 Å². The number of nitrogens with one attached hydrogen (secondary N) is 1. The molecule has 0 aliphatic rings. The van der Waals surface area contributed by atoms with Crippen LogP contribution in [0, 0.1) is 5.92 Å². The molecule has 2 aromatic rings. The average molecular weight is 258 g/mol. The lowest BCUT2D eigenvalue weighted by molar-refractivity contribution is -0.124. The summed E-state index contributed by atoms with van der Waals surface area (Å²) in [7, 11) is 0. The number of amides is 1. The highest BCUT2D eigenvalue weighted by Gasteiger charge is 2.12. The number of carbonyl (C=O) groups is 1. The molecule has 5 nitrogen and oxygen atoms in total. The average Bonchev–Trinajstić information content (AvgIpc) is 2.92. The van der Waals surface area contributed by atoms with E-state index in [1.54, 1.807) is 11.0 Å². The second-order valence-electron chi connectivity index (χ2n) is 4.82.